The fourth-order valence-electron chi connectivity index (χ4n) is 3.36. The van der Waals surface area contributed by atoms with E-state index in [4.69, 9.17) is 0 Å². The summed E-state index contributed by atoms with van der Waals surface area (Å²) in [5.74, 6) is -0.239. The van der Waals surface area contributed by atoms with Crippen molar-refractivity contribution in [2.75, 3.05) is 19.7 Å². The first-order valence-corrected chi connectivity index (χ1v) is 8.94. The van der Waals surface area contributed by atoms with E-state index in [9.17, 15) is 14.7 Å². The van der Waals surface area contributed by atoms with E-state index in [0.717, 1.165) is 24.3 Å². The van der Waals surface area contributed by atoms with Gasteiger partial charge in [0.15, 0.2) is 0 Å². The van der Waals surface area contributed by atoms with Crippen LogP contribution in [0.3, 0.4) is 0 Å². The van der Waals surface area contributed by atoms with E-state index in [1.54, 1.807) is 0 Å². The summed E-state index contributed by atoms with van der Waals surface area (Å²) in [6.45, 7) is 5.22. The highest BCUT2D eigenvalue weighted by molar-refractivity contribution is 7.11. The van der Waals surface area contributed by atoms with Crippen molar-refractivity contribution in [3.63, 3.8) is 0 Å². The number of amides is 2. The molecule has 0 radical (unpaired) electrons. The molecule has 1 fully saturated rings. The van der Waals surface area contributed by atoms with Crippen molar-refractivity contribution in [3.8, 4) is 0 Å². The van der Waals surface area contributed by atoms with Crippen LogP contribution >= 0.6 is 11.3 Å². The Kier molecular flexibility index (Phi) is 4.55. The number of carbonyl (C=O) groups excluding carboxylic acids is 2. The Morgan fingerprint density at radius 2 is 2.13 bits per heavy atom. The zero-order valence-corrected chi connectivity index (χ0v) is 14.3. The van der Waals surface area contributed by atoms with Crippen LogP contribution < -0.4 is 0 Å². The number of thiophene rings is 1. The number of imide groups is 1. The summed E-state index contributed by atoms with van der Waals surface area (Å²) in [7, 11) is 0. The van der Waals surface area contributed by atoms with Gasteiger partial charge < -0.3 is 10.0 Å². The highest BCUT2D eigenvalue weighted by atomic mass is 32.1. The summed E-state index contributed by atoms with van der Waals surface area (Å²) in [6.07, 6.45) is 1.89. The molecule has 0 aliphatic carbocycles. The SMILES string of the molecule is CC(C)N1C(=O)C(c2cccs2)=C(N2CCCC(CO)C2)C1=O. The molecule has 0 spiro atoms. The predicted molar refractivity (Wildman–Crippen MR) is 89.6 cm³/mol. The standard InChI is InChI=1S/C17H22N2O3S/c1-11(2)19-16(21)14(13-6-4-8-23-13)15(17(19)22)18-7-3-5-12(9-18)10-20/h4,6,8,11-12,20H,3,5,7,9-10H2,1-2H3. The van der Waals surface area contributed by atoms with Crippen LogP contribution in [0.5, 0.6) is 0 Å². The topological polar surface area (TPSA) is 60.9 Å². The van der Waals surface area contributed by atoms with Gasteiger partial charge in [0.05, 0.1) is 5.57 Å². The summed E-state index contributed by atoms with van der Waals surface area (Å²) in [4.78, 5) is 29.9. The molecule has 0 bridgehead atoms. The van der Waals surface area contributed by atoms with Gasteiger partial charge in [0.2, 0.25) is 0 Å². The zero-order valence-electron chi connectivity index (χ0n) is 13.5. The fraction of sp³-hybridized carbons (Fsp3) is 0.529. The fourth-order valence-corrected chi connectivity index (χ4v) is 4.12. The number of aliphatic hydroxyl groups excluding tert-OH is 1. The monoisotopic (exact) mass is 334 g/mol. The largest absolute Gasteiger partial charge is 0.396 e. The second kappa shape index (κ2) is 6.45. The first kappa shape index (κ1) is 16.2. The van der Waals surface area contributed by atoms with E-state index in [1.807, 2.05) is 36.3 Å². The molecule has 23 heavy (non-hydrogen) atoms. The molecule has 1 unspecified atom stereocenters. The van der Waals surface area contributed by atoms with Gasteiger partial charge in [0.25, 0.3) is 11.8 Å². The Hall–Kier alpha value is -1.66. The van der Waals surface area contributed by atoms with Crippen LogP contribution in [0, 0.1) is 5.92 Å². The normalized spacial score (nSPS) is 22.7. The number of likely N-dealkylation sites (tertiary alicyclic amines) is 1. The molecule has 1 N–H and O–H groups in total. The molecule has 2 aliphatic rings. The molecule has 6 heteroatoms. The maximum absolute atomic E-state index is 12.9. The minimum atomic E-state index is -0.202. The molecule has 0 aromatic carbocycles. The van der Waals surface area contributed by atoms with E-state index in [2.05, 4.69) is 0 Å². The minimum Gasteiger partial charge on any atom is -0.396 e. The molecular formula is C17H22N2O3S. The van der Waals surface area contributed by atoms with Gasteiger partial charge in [-0.05, 0) is 44.1 Å². The summed E-state index contributed by atoms with van der Waals surface area (Å²) < 4.78 is 0. The van der Waals surface area contributed by atoms with Crippen molar-refractivity contribution in [1.82, 2.24) is 9.80 Å². The van der Waals surface area contributed by atoms with Crippen LogP contribution in [0.25, 0.3) is 5.57 Å². The van der Waals surface area contributed by atoms with E-state index in [1.165, 1.54) is 16.2 Å². The highest BCUT2D eigenvalue weighted by Crippen LogP contribution is 2.36. The third-order valence-corrected chi connectivity index (χ3v) is 5.36. The maximum atomic E-state index is 12.9. The lowest BCUT2D eigenvalue weighted by Gasteiger charge is -2.34. The average Bonchev–Trinajstić information content (AvgIpc) is 3.13. The maximum Gasteiger partial charge on any atom is 0.278 e. The molecule has 0 saturated carbocycles. The molecule has 5 nitrogen and oxygen atoms in total. The van der Waals surface area contributed by atoms with Crippen molar-refractivity contribution in [1.29, 1.82) is 0 Å². The van der Waals surface area contributed by atoms with Gasteiger partial charge >= 0.3 is 0 Å². The number of nitrogens with zero attached hydrogens (tertiary/aromatic N) is 2. The molecule has 2 amide bonds. The Balaban J connectivity index is 2.04. The third-order valence-electron chi connectivity index (χ3n) is 4.47. The molecule has 3 rings (SSSR count). The average molecular weight is 334 g/mol. The van der Waals surface area contributed by atoms with Crippen molar-refractivity contribution >= 4 is 28.7 Å². The molecule has 1 atom stereocenters. The number of hydrogen-bond donors (Lipinski definition) is 1. The Morgan fingerprint density at radius 1 is 1.35 bits per heavy atom. The van der Waals surface area contributed by atoms with Gasteiger partial charge in [-0.15, -0.1) is 11.3 Å². The summed E-state index contributed by atoms with van der Waals surface area (Å²) in [5.41, 5.74) is 1.04. The van der Waals surface area contributed by atoms with Crippen molar-refractivity contribution in [2.45, 2.75) is 32.7 Å². The summed E-state index contributed by atoms with van der Waals surface area (Å²) >= 11 is 1.48. The van der Waals surface area contributed by atoms with Crippen molar-refractivity contribution in [2.24, 2.45) is 5.92 Å². The van der Waals surface area contributed by atoms with E-state index in [0.29, 0.717) is 17.8 Å². The predicted octanol–water partition coefficient (Wildman–Crippen LogP) is 1.94. The Morgan fingerprint density at radius 3 is 2.74 bits per heavy atom. The van der Waals surface area contributed by atoms with Crippen LogP contribution in [0.2, 0.25) is 0 Å². The molecule has 124 valence electrons. The van der Waals surface area contributed by atoms with Crippen LogP contribution in [-0.2, 0) is 9.59 Å². The zero-order chi connectivity index (χ0) is 16.6. The van der Waals surface area contributed by atoms with Crippen LogP contribution in [0.15, 0.2) is 23.2 Å². The Bertz CT molecular complexity index is 636. The lowest BCUT2D eigenvalue weighted by molar-refractivity contribution is -0.139. The van der Waals surface area contributed by atoms with Crippen LogP contribution in [-0.4, -0.2) is 52.5 Å². The molecule has 1 aromatic rings. The first-order valence-electron chi connectivity index (χ1n) is 8.06. The van der Waals surface area contributed by atoms with Gasteiger partial charge in [-0.3, -0.25) is 14.5 Å². The smallest absolute Gasteiger partial charge is 0.278 e. The quantitative estimate of drug-likeness (QED) is 0.855. The lowest BCUT2D eigenvalue weighted by atomic mass is 9.98. The van der Waals surface area contributed by atoms with Gasteiger partial charge in [-0.2, -0.15) is 0 Å². The Labute approximate surface area is 140 Å². The van der Waals surface area contributed by atoms with Gasteiger partial charge in [0, 0.05) is 30.6 Å². The number of rotatable bonds is 4. The van der Waals surface area contributed by atoms with Gasteiger partial charge in [-0.1, -0.05) is 6.07 Å². The molecular weight excluding hydrogens is 312 g/mol. The third kappa shape index (κ3) is 2.81. The second-order valence-corrected chi connectivity index (χ2v) is 7.36. The highest BCUT2D eigenvalue weighted by Gasteiger charge is 2.43. The lowest BCUT2D eigenvalue weighted by Crippen LogP contribution is -2.42. The first-order chi connectivity index (χ1) is 11.0. The summed E-state index contributed by atoms with van der Waals surface area (Å²) in [6, 6.07) is 3.62. The minimum absolute atomic E-state index is 0.119. The number of carbonyl (C=O) groups is 2. The molecule has 1 saturated heterocycles. The van der Waals surface area contributed by atoms with Crippen molar-refractivity contribution in [3.05, 3.63) is 28.1 Å². The second-order valence-electron chi connectivity index (χ2n) is 6.41. The van der Waals surface area contributed by atoms with Crippen LogP contribution in [0.4, 0.5) is 0 Å². The van der Waals surface area contributed by atoms with Gasteiger partial charge in [-0.25, -0.2) is 0 Å². The number of piperidine rings is 1. The van der Waals surface area contributed by atoms with Crippen molar-refractivity contribution < 1.29 is 14.7 Å². The summed E-state index contributed by atoms with van der Waals surface area (Å²) in [5, 5.41) is 11.4. The number of hydrogen-bond acceptors (Lipinski definition) is 5. The van der Waals surface area contributed by atoms with Crippen LogP contribution in [0.1, 0.15) is 31.6 Å². The van der Waals surface area contributed by atoms with E-state index < -0.39 is 0 Å². The molecule has 1 aromatic heterocycles. The van der Waals surface area contributed by atoms with E-state index >= 15 is 0 Å². The van der Waals surface area contributed by atoms with Gasteiger partial charge in [0.1, 0.15) is 5.70 Å². The molecule has 2 aliphatic heterocycles. The van der Waals surface area contributed by atoms with E-state index in [-0.39, 0.29) is 30.4 Å². The molecule has 3 heterocycles. The number of aliphatic hydroxyl groups is 1.